The molecule has 7 heteroatoms. The molecule has 4 nitrogen and oxygen atoms in total. The Labute approximate surface area is 137 Å². The average molecular weight is 390 g/mol. The van der Waals surface area contributed by atoms with Crippen LogP contribution in [0.1, 0.15) is 11.1 Å². The van der Waals surface area contributed by atoms with Crippen LogP contribution < -0.4 is 10.5 Å². The van der Waals surface area contributed by atoms with Crippen molar-refractivity contribution in [1.29, 1.82) is 0 Å². The highest BCUT2D eigenvalue weighted by Crippen LogP contribution is 2.29. The van der Waals surface area contributed by atoms with E-state index in [4.69, 9.17) is 17.3 Å². The first-order valence-electron chi connectivity index (χ1n) is 6.05. The Bertz CT molecular complexity index is 784. The maximum absolute atomic E-state index is 12.5. The van der Waals surface area contributed by atoms with Gasteiger partial charge in [-0.1, -0.05) is 11.6 Å². The van der Waals surface area contributed by atoms with Crippen molar-refractivity contribution >= 4 is 48.9 Å². The molecule has 0 atom stereocenters. The third kappa shape index (κ3) is 3.51. The van der Waals surface area contributed by atoms with Crippen LogP contribution in [0.25, 0.3) is 0 Å². The molecule has 0 aromatic heterocycles. The molecule has 0 radical (unpaired) electrons. The molecule has 3 N–H and O–H groups in total. The van der Waals surface area contributed by atoms with Crippen LogP contribution in [0.5, 0.6) is 0 Å². The second-order valence-electron chi connectivity index (χ2n) is 4.72. The first kappa shape index (κ1) is 16.1. The molecule has 2 rings (SSSR count). The summed E-state index contributed by atoms with van der Waals surface area (Å²) in [5, 5.41) is 0.431. The van der Waals surface area contributed by atoms with Gasteiger partial charge in [-0.05, 0) is 71.2 Å². The molecule has 0 saturated heterocycles. The van der Waals surface area contributed by atoms with Crippen molar-refractivity contribution in [2.45, 2.75) is 18.7 Å². The van der Waals surface area contributed by atoms with Crippen LogP contribution in [0.15, 0.2) is 39.7 Å². The van der Waals surface area contributed by atoms with Gasteiger partial charge < -0.3 is 5.73 Å². The molecular weight excluding hydrogens is 376 g/mol. The monoisotopic (exact) mass is 388 g/mol. The second-order valence-corrected chi connectivity index (χ2v) is 7.60. The Morgan fingerprint density at radius 3 is 2.24 bits per heavy atom. The number of benzene rings is 2. The van der Waals surface area contributed by atoms with Crippen LogP contribution in [0.2, 0.25) is 5.02 Å². The molecule has 0 aliphatic rings. The van der Waals surface area contributed by atoms with Gasteiger partial charge in [0, 0.05) is 10.2 Å². The predicted octanol–water partition coefficient (Wildman–Crippen LogP) is 4.10. The van der Waals surface area contributed by atoms with Gasteiger partial charge in [0.05, 0.1) is 15.6 Å². The van der Waals surface area contributed by atoms with Crippen LogP contribution >= 0.6 is 27.5 Å². The number of halogens is 2. The van der Waals surface area contributed by atoms with Gasteiger partial charge in [-0.15, -0.1) is 0 Å². The molecule has 0 aliphatic carbocycles. The van der Waals surface area contributed by atoms with Crippen LogP contribution in [-0.4, -0.2) is 8.42 Å². The fraction of sp³-hybridized carbons (Fsp3) is 0.143. The molecule has 112 valence electrons. The maximum atomic E-state index is 12.5. The number of nitrogens with two attached hydrogens (primary N) is 1. The minimum atomic E-state index is -3.70. The number of nitrogen functional groups attached to an aromatic ring is 1. The second kappa shape index (κ2) is 5.87. The molecule has 0 amide bonds. The normalized spacial score (nSPS) is 11.4. The predicted molar refractivity (Wildman–Crippen MR) is 90.3 cm³/mol. The molecule has 0 heterocycles. The smallest absolute Gasteiger partial charge is 0.262 e. The Morgan fingerprint density at radius 1 is 1.14 bits per heavy atom. The first-order chi connectivity index (χ1) is 9.70. The Morgan fingerprint density at radius 2 is 1.71 bits per heavy atom. The fourth-order valence-electron chi connectivity index (χ4n) is 2.17. The van der Waals surface area contributed by atoms with E-state index in [0.717, 1.165) is 0 Å². The van der Waals surface area contributed by atoms with Gasteiger partial charge in [-0.2, -0.15) is 0 Å². The van der Waals surface area contributed by atoms with Crippen LogP contribution in [0.3, 0.4) is 0 Å². The van der Waals surface area contributed by atoms with Crippen molar-refractivity contribution in [3.8, 4) is 0 Å². The molecule has 2 aromatic carbocycles. The number of hydrogen-bond donors (Lipinski definition) is 2. The molecule has 0 unspecified atom stereocenters. The van der Waals surface area contributed by atoms with E-state index in [9.17, 15) is 8.42 Å². The van der Waals surface area contributed by atoms with E-state index < -0.39 is 10.0 Å². The molecule has 0 aliphatic heterocycles. The van der Waals surface area contributed by atoms with Gasteiger partial charge in [-0.25, -0.2) is 8.42 Å². The molecule has 0 saturated carbocycles. The SMILES string of the molecule is Cc1cc(N)cc(C)c1S(=O)(=O)Nc1ccc(Br)c(Cl)c1. The van der Waals surface area contributed by atoms with Gasteiger partial charge in [-0.3, -0.25) is 4.72 Å². The summed E-state index contributed by atoms with van der Waals surface area (Å²) in [6.07, 6.45) is 0. The standard InChI is InChI=1S/C14H14BrClN2O2S/c1-8-5-10(17)6-9(2)14(8)21(19,20)18-11-3-4-12(15)13(16)7-11/h3-7,18H,17H2,1-2H3. The highest BCUT2D eigenvalue weighted by atomic mass is 79.9. The van der Waals surface area contributed by atoms with Crippen molar-refractivity contribution in [3.05, 3.63) is 51.0 Å². The minimum Gasteiger partial charge on any atom is -0.399 e. The summed E-state index contributed by atoms with van der Waals surface area (Å²) in [5.74, 6) is 0. The third-order valence-electron chi connectivity index (χ3n) is 2.92. The highest BCUT2D eigenvalue weighted by molar-refractivity contribution is 9.10. The van der Waals surface area contributed by atoms with Crippen molar-refractivity contribution in [2.24, 2.45) is 0 Å². The van der Waals surface area contributed by atoms with Crippen LogP contribution in [0.4, 0.5) is 11.4 Å². The zero-order valence-electron chi connectivity index (χ0n) is 11.4. The highest BCUT2D eigenvalue weighted by Gasteiger charge is 2.20. The summed E-state index contributed by atoms with van der Waals surface area (Å²) < 4.78 is 28.3. The van der Waals surface area contributed by atoms with Gasteiger partial charge >= 0.3 is 0 Å². The van der Waals surface area contributed by atoms with Gasteiger partial charge in [0.15, 0.2) is 0 Å². The Hall–Kier alpha value is -1.24. The number of anilines is 2. The summed E-state index contributed by atoms with van der Waals surface area (Å²) in [6, 6.07) is 8.13. The number of aryl methyl sites for hydroxylation is 2. The summed E-state index contributed by atoms with van der Waals surface area (Å²) in [5.41, 5.74) is 7.86. The third-order valence-corrected chi connectivity index (χ3v) is 5.84. The number of hydrogen-bond acceptors (Lipinski definition) is 3. The number of sulfonamides is 1. The van der Waals surface area contributed by atoms with Crippen molar-refractivity contribution in [1.82, 2.24) is 0 Å². The largest absolute Gasteiger partial charge is 0.399 e. The van der Waals surface area contributed by atoms with Crippen LogP contribution in [0, 0.1) is 13.8 Å². The topological polar surface area (TPSA) is 72.2 Å². The van der Waals surface area contributed by atoms with E-state index in [2.05, 4.69) is 20.7 Å². The van der Waals surface area contributed by atoms with Gasteiger partial charge in [0.1, 0.15) is 0 Å². The summed E-state index contributed by atoms with van der Waals surface area (Å²) in [7, 11) is -3.70. The Balaban J connectivity index is 2.46. The van der Waals surface area contributed by atoms with E-state index in [1.54, 1.807) is 44.2 Å². The minimum absolute atomic E-state index is 0.232. The summed E-state index contributed by atoms with van der Waals surface area (Å²) in [6.45, 7) is 3.43. The van der Waals surface area contributed by atoms with Crippen molar-refractivity contribution in [2.75, 3.05) is 10.5 Å². The fourth-order valence-corrected chi connectivity index (χ4v) is 4.11. The van der Waals surface area contributed by atoms with E-state index in [-0.39, 0.29) is 4.90 Å². The quantitative estimate of drug-likeness (QED) is 0.776. The number of rotatable bonds is 3. The lowest BCUT2D eigenvalue weighted by Gasteiger charge is -2.14. The average Bonchev–Trinajstić information content (AvgIpc) is 2.31. The lowest BCUT2D eigenvalue weighted by atomic mass is 10.1. The molecule has 0 bridgehead atoms. The Kier molecular flexibility index (Phi) is 4.51. The molecule has 21 heavy (non-hydrogen) atoms. The molecule has 0 fully saturated rings. The lowest BCUT2D eigenvalue weighted by Crippen LogP contribution is -2.16. The zero-order chi connectivity index (χ0) is 15.8. The lowest BCUT2D eigenvalue weighted by molar-refractivity contribution is 0.600. The van der Waals surface area contributed by atoms with Gasteiger partial charge in [0.25, 0.3) is 10.0 Å². The van der Waals surface area contributed by atoms with Gasteiger partial charge in [0.2, 0.25) is 0 Å². The van der Waals surface area contributed by atoms with E-state index in [0.29, 0.717) is 32.0 Å². The zero-order valence-corrected chi connectivity index (χ0v) is 14.6. The van der Waals surface area contributed by atoms with E-state index in [1.165, 1.54) is 0 Å². The molecule has 2 aromatic rings. The van der Waals surface area contributed by atoms with Crippen molar-refractivity contribution < 1.29 is 8.42 Å². The van der Waals surface area contributed by atoms with Crippen molar-refractivity contribution in [3.63, 3.8) is 0 Å². The van der Waals surface area contributed by atoms with Crippen LogP contribution in [-0.2, 0) is 10.0 Å². The first-order valence-corrected chi connectivity index (χ1v) is 8.71. The summed E-state index contributed by atoms with van der Waals surface area (Å²) >= 11 is 9.24. The summed E-state index contributed by atoms with van der Waals surface area (Å²) in [4.78, 5) is 0.232. The van der Waals surface area contributed by atoms with E-state index in [1.807, 2.05) is 0 Å². The number of nitrogens with one attached hydrogen (secondary N) is 1. The maximum Gasteiger partial charge on any atom is 0.262 e. The molecule has 0 spiro atoms. The molecular formula is C14H14BrClN2O2S. The van der Waals surface area contributed by atoms with E-state index >= 15 is 0 Å².